The Morgan fingerprint density at radius 3 is 2.35 bits per heavy atom. The third kappa shape index (κ3) is 4.46. The van der Waals surface area contributed by atoms with Crippen molar-refractivity contribution in [2.45, 2.75) is 32.1 Å². The third-order valence-electron chi connectivity index (χ3n) is 4.89. The van der Waals surface area contributed by atoms with Crippen LogP contribution in [0, 0.1) is 0 Å². The predicted molar refractivity (Wildman–Crippen MR) is 105 cm³/mol. The van der Waals surface area contributed by atoms with E-state index in [0.717, 1.165) is 24.0 Å². The van der Waals surface area contributed by atoms with E-state index in [9.17, 15) is 0 Å². The number of nitrogens with zero attached hydrogens (tertiary/aromatic N) is 3. The van der Waals surface area contributed by atoms with E-state index in [4.69, 9.17) is 15.2 Å². The first-order valence-corrected chi connectivity index (χ1v) is 9.36. The van der Waals surface area contributed by atoms with E-state index in [2.05, 4.69) is 20.2 Å². The molecule has 0 saturated carbocycles. The van der Waals surface area contributed by atoms with Gasteiger partial charge in [0.1, 0.15) is 5.82 Å². The highest BCUT2D eigenvalue weighted by molar-refractivity contribution is 5.91. The molecule has 3 N–H and O–H groups in total. The van der Waals surface area contributed by atoms with E-state index in [1.54, 1.807) is 14.2 Å². The molecular formula is C19H29N5O2. The molecule has 1 aromatic carbocycles. The number of benzene rings is 1. The van der Waals surface area contributed by atoms with Gasteiger partial charge in [-0.2, -0.15) is 4.98 Å². The summed E-state index contributed by atoms with van der Waals surface area (Å²) in [5, 5.41) is 4.07. The molecule has 26 heavy (non-hydrogen) atoms. The van der Waals surface area contributed by atoms with Crippen LogP contribution in [0.3, 0.4) is 0 Å². The van der Waals surface area contributed by atoms with Gasteiger partial charge in [-0.1, -0.05) is 19.3 Å². The van der Waals surface area contributed by atoms with E-state index in [0.29, 0.717) is 23.3 Å². The van der Waals surface area contributed by atoms with Gasteiger partial charge >= 0.3 is 0 Å². The van der Waals surface area contributed by atoms with Gasteiger partial charge in [-0.25, -0.2) is 4.98 Å². The number of aromatic nitrogens is 2. The molecule has 7 nitrogen and oxygen atoms in total. The Hall–Kier alpha value is -2.28. The maximum absolute atomic E-state index is 6.13. The molecule has 1 aromatic heterocycles. The Kier molecular flexibility index (Phi) is 6.33. The van der Waals surface area contributed by atoms with Gasteiger partial charge in [0.15, 0.2) is 11.5 Å². The second-order valence-corrected chi connectivity index (χ2v) is 6.69. The molecule has 0 unspecified atom stereocenters. The van der Waals surface area contributed by atoms with Crippen LogP contribution in [-0.4, -0.2) is 55.3 Å². The van der Waals surface area contributed by atoms with Crippen LogP contribution < -0.4 is 20.5 Å². The van der Waals surface area contributed by atoms with E-state index < -0.39 is 0 Å². The largest absolute Gasteiger partial charge is 0.493 e. The number of hydrogen-bond acceptors (Lipinski definition) is 7. The fourth-order valence-corrected chi connectivity index (χ4v) is 3.42. The minimum atomic E-state index is 0.435. The molecule has 1 aliphatic rings. The molecule has 0 aliphatic carbocycles. The highest BCUT2D eigenvalue weighted by Crippen LogP contribution is 2.33. The molecule has 0 radical (unpaired) electrons. The number of nitrogens with two attached hydrogens (primary N) is 1. The molecule has 3 rings (SSSR count). The van der Waals surface area contributed by atoms with Crippen molar-refractivity contribution in [1.29, 1.82) is 0 Å². The molecule has 0 bridgehead atoms. The first kappa shape index (κ1) is 18.5. The van der Waals surface area contributed by atoms with E-state index in [1.807, 2.05) is 12.1 Å². The summed E-state index contributed by atoms with van der Waals surface area (Å²) in [4.78, 5) is 11.5. The molecule has 0 amide bonds. The average Bonchev–Trinajstić information content (AvgIpc) is 2.62. The topological polar surface area (TPSA) is 85.5 Å². The molecule has 2 heterocycles. The summed E-state index contributed by atoms with van der Waals surface area (Å²) in [6, 6.07) is 3.64. The number of nitrogens with one attached hydrogen (secondary N) is 1. The second-order valence-electron chi connectivity index (χ2n) is 6.69. The average molecular weight is 359 g/mol. The normalized spacial score (nSPS) is 16.1. The van der Waals surface area contributed by atoms with Crippen molar-refractivity contribution in [1.82, 2.24) is 14.9 Å². The Balaban J connectivity index is 1.68. The van der Waals surface area contributed by atoms with Crippen LogP contribution >= 0.6 is 0 Å². The summed E-state index contributed by atoms with van der Waals surface area (Å²) < 4.78 is 10.7. The maximum atomic E-state index is 6.13. The lowest BCUT2D eigenvalue weighted by Crippen LogP contribution is -2.32. The van der Waals surface area contributed by atoms with Gasteiger partial charge in [-0.15, -0.1) is 0 Å². The second kappa shape index (κ2) is 8.89. The van der Waals surface area contributed by atoms with Crippen molar-refractivity contribution >= 4 is 22.7 Å². The Morgan fingerprint density at radius 1 is 1.00 bits per heavy atom. The number of likely N-dealkylation sites (tertiary alicyclic amines) is 1. The van der Waals surface area contributed by atoms with Crippen molar-refractivity contribution in [2.75, 3.05) is 51.4 Å². The fourth-order valence-electron chi connectivity index (χ4n) is 3.42. The van der Waals surface area contributed by atoms with Crippen LogP contribution in [-0.2, 0) is 0 Å². The smallest absolute Gasteiger partial charge is 0.225 e. The first-order valence-electron chi connectivity index (χ1n) is 9.36. The summed E-state index contributed by atoms with van der Waals surface area (Å²) >= 11 is 0. The lowest BCUT2D eigenvalue weighted by molar-refractivity contribution is 0.256. The van der Waals surface area contributed by atoms with Gasteiger partial charge < -0.3 is 25.4 Å². The summed E-state index contributed by atoms with van der Waals surface area (Å²) in [5.41, 5.74) is 6.87. The van der Waals surface area contributed by atoms with Crippen LogP contribution in [0.1, 0.15) is 32.1 Å². The van der Waals surface area contributed by atoms with Gasteiger partial charge in [0.25, 0.3) is 0 Å². The van der Waals surface area contributed by atoms with Gasteiger partial charge in [0.2, 0.25) is 5.95 Å². The molecule has 1 aliphatic heterocycles. The van der Waals surface area contributed by atoms with Crippen molar-refractivity contribution in [3.05, 3.63) is 12.1 Å². The molecule has 0 spiro atoms. The zero-order valence-electron chi connectivity index (χ0n) is 15.8. The number of methoxy groups -OCH3 is 2. The first-order chi connectivity index (χ1) is 12.7. The van der Waals surface area contributed by atoms with Crippen molar-refractivity contribution in [2.24, 2.45) is 0 Å². The van der Waals surface area contributed by atoms with Crippen LogP contribution in [0.5, 0.6) is 11.5 Å². The molecular weight excluding hydrogens is 330 g/mol. The minimum absolute atomic E-state index is 0.435. The van der Waals surface area contributed by atoms with Gasteiger partial charge in [-0.3, -0.25) is 0 Å². The molecule has 1 fully saturated rings. The SMILES string of the molecule is COc1cc2nc(NCCN3CCCCCCC3)nc(N)c2cc1OC. The number of hydrogen-bond donors (Lipinski definition) is 2. The van der Waals surface area contributed by atoms with Crippen LogP contribution in [0.15, 0.2) is 12.1 Å². The molecule has 2 aromatic rings. The number of nitrogen functional groups attached to an aromatic ring is 1. The highest BCUT2D eigenvalue weighted by Gasteiger charge is 2.12. The zero-order chi connectivity index (χ0) is 18.4. The summed E-state index contributed by atoms with van der Waals surface area (Å²) in [5.74, 6) is 2.23. The highest BCUT2D eigenvalue weighted by atomic mass is 16.5. The lowest BCUT2D eigenvalue weighted by Gasteiger charge is -2.24. The Bertz CT molecular complexity index is 729. The van der Waals surface area contributed by atoms with Crippen LogP contribution in [0.4, 0.5) is 11.8 Å². The molecule has 1 saturated heterocycles. The summed E-state index contributed by atoms with van der Waals surface area (Å²) in [7, 11) is 3.21. The minimum Gasteiger partial charge on any atom is -0.493 e. The number of anilines is 2. The third-order valence-corrected chi connectivity index (χ3v) is 4.89. The number of fused-ring (bicyclic) bond motifs is 1. The zero-order valence-corrected chi connectivity index (χ0v) is 15.8. The predicted octanol–water partition coefficient (Wildman–Crippen LogP) is 2.91. The van der Waals surface area contributed by atoms with E-state index in [1.165, 1.54) is 45.2 Å². The standard InChI is InChI=1S/C19H29N5O2/c1-25-16-12-14-15(13-17(16)26-2)22-19(23-18(14)20)21-8-11-24-9-6-4-3-5-7-10-24/h12-13H,3-11H2,1-2H3,(H3,20,21,22,23). The Labute approximate surface area is 154 Å². The number of rotatable bonds is 6. The van der Waals surface area contributed by atoms with Crippen molar-refractivity contribution in [3.63, 3.8) is 0 Å². The molecule has 142 valence electrons. The Morgan fingerprint density at radius 2 is 1.65 bits per heavy atom. The molecule has 7 heteroatoms. The van der Waals surface area contributed by atoms with E-state index >= 15 is 0 Å². The maximum Gasteiger partial charge on any atom is 0.225 e. The van der Waals surface area contributed by atoms with Crippen LogP contribution in [0.2, 0.25) is 0 Å². The van der Waals surface area contributed by atoms with Gasteiger partial charge in [0.05, 0.1) is 19.7 Å². The summed E-state index contributed by atoms with van der Waals surface area (Å²) in [6.45, 7) is 4.16. The van der Waals surface area contributed by atoms with Gasteiger partial charge in [0, 0.05) is 24.5 Å². The van der Waals surface area contributed by atoms with Gasteiger partial charge in [-0.05, 0) is 32.0 Å². The molecule has 0 atom stereocenters. The quantitative estimate of drug-likeness (QED) is 0.820. The number of ether oxygens (including phenoxy) is 2. The lowest BCUT2D eigenvalue weighted by atomic mass is 10.1. The van der Waals surface area contributed by atoms with Crippen molar-refractivity contribution < 1.29 is 9.47 Å². The van der Waals surface area contributed by atoms with Crippen LogP contribution in [0.25, 0.3) is 10.9 Å². The monoisotopic (exact) mass is 359 g/mol. The van der Waals surface area contributed by atoms with E-state index in [-0.39, 0.29) is 0 Å². The van der Waals surface area contributed by atoms with Crippen molar-refractivity contribution in [3.8, 4) is 11.5 Å². The summed E-state index contributed by atoms with van der Waals surface area (Å²) in [6.07, 6.45) is 6.66. The fraction of sp³-hybridized carbons (Fsp3) is 0.579.